The first-order valence-corrected chi connectivity index (χ1v) is 12.0. The van der Waals surface area contributed by atoms with Crippen LogP contribution in [0.25, 0.3) is 0 Å². The van der Waals surface area contributed by atoms with E-state index in [1.54, 1.807) is 48.5 Å². The van der Waals surface area contributed by atoms with E-state index in [0.29, 0.717) is 16.3 Å². The average Bonchev–Trinajstić information content (AvgIpc) is 2.75. The molecule has 0 aliphatic rings. The van der Waals surface area contributed by atoms with Crippen molar-refractivity contribution < 1.29 is 12.8 Å². The molecule has 0 amide bonds. The highest BCUT2D eigenvalue weighted by atomic mass is 35.5. The SMILES string of the molecule is Cc1ccc(Cl)cc1NC(SCc1cccc(F)c1)=C(C#N)S(=O)(=O)c1ccccc1. The number of rotatable bonds is 7. The van der Waals surface area contributed by atoms with E-state index in [-0.39, 0.29) is 21.5 Å². The summed E-state index contributed by atoms with van der Waals surface area (Å²) in [5.41, 5.74) is 2.05. The summed E-state index contributed by atoms with van der Waals surface area (Å²) < 4.78 is 40.0. The number of thioether (sulfide) groups is 1. The molecule has 3 rings (SSSR count). The number of hydrogen-bond acceptors (Lipinski definition) is 5. The number of nitrogens with zero attached hydrogens (tertiary/aromatic N) is 1. The van der Waals surface area contributed by atoms with Crippen molar-refractivity contribution in [2.75, 3.05) is 5.32 Å². The van der Waals surface area contributed by atoms with E-state index in [9.17, 15) is 18.1 Å². The molecule has 8 heteroatoms. The van der Waals surface area contributed by atoms with Gasteiger partial charge >= 0.3 is 0 Å². The van der Waals surface area contributed by atoms with E-state index in [4.69, 9.17) is 11.6 Å². The van der Waals surface area contributed by atoms with Gasteiger partial charge in [-0.1, -0.05) is 48.0 Å². The second-order valence-electron chi connectivity index (χ2n) is 6.59. The molecule has 4 nitrogen and oxygen atoms in total. The molecule has 0 saturated carbocycles. The van der Waals surface area contributed by atoms with Crippen LogP contribution in [0.15, 0.2) is 87.6 Å². The van der Waals surface area contributed by atoms with Gasteiger partial charge in [0.25, 0.3) is 0 Å². The molecule has 0 heterocycles. The zero-order chi connectivity index (χ0) is 22.4. The summed E-state index contributed by atoms with van der Waals surface area (Å²) in [6, 6.07) is 20.8. The predicted molar refractivity (Wildman–Crippen MR) is 124 cm³/mol. The van der Waals surface area contributed by atoms with Crippen LogP contribution in [0.4, 0.5) is 10.1 Å². The molecule has 0 atom stereocenters. The lowest BCUT2D eigenvalue weighted by atomic mass is 10.2. The summed E-state index contributed by atoms with van der Waals surface area (Å²) in [7, 11) is -4.08. The van der Waals surface area contributed by atoms with Crippen LogP contribution in [0.5, 0.6) is 0 Å². The van der Waals surface area contributed by atoms with Gasteiger partial charge in [-0.2, -0.15) is 5.26 Å². The molecular formula is C23H18ClFN2O2S2. The van der Waals surface area contributed by atoms with Crippen molar-refractivity contribution in [3.8, 4) is 6.07 Å². The van der Waals surface area contributed by atoms with Gasteiger partial charge in [-0.15, -0.1) is 11.8 Å². The standard InChI is InChI=1S/C23H18ClFN2O2S2/c1-16-10-11-18(24)13-21(16)27-23(30-15-17-6-5-7-19(25)12-17)22(14-26)31(28,29)20-8-3-2-4-9-20/h2-13,27H,15H2,1H3. The van der Waals surface area contributed by atoms with Gasteiger partial charge in [0.15, 0.2) is 4.91 Å². The molecule has 0 aliphatic carbocycles. The molecule has 3 aromatic carbocycles. The molecule has 0 radical (unpaired) electrons. The maximum absolute atomic E-state index is 13.6. The highest BCUT2D eigenvalue weighted by molar-refractivity contribution is 8.04. The second-order valence-corrected chi connectivity index (χ2v) is 9.90. The Kier molecular flexibility index (Phi) is 7.39. The summed E-state index contributed by atoms with van der Waals surface area (Å²) in [6.07, 6.45) is 0. The highest BCUT2D eigenvalue weighted by Crippen LogP contribution is 2.33. The molecule has 31 heavy (non-hydrogen) atoms. The molecule has 0 fully saturated rings. The Hall–Kier alpha value is -2.79. The Morgan fingerprint density at radius 1 is 1.10 bits per heavy atom. The van der Waals surface area contributed by atoms with Gasteiger partial charge < -0.3 is 5.32 Å². The Labute approximate surface area is 190 Å². The largest absolute Gasteiger partial charge is 0.348 e. The lowest BCUT2D eigenvalue weighted by Gasteiger charge is -2.16. The van der Waals surface area contributed by atoms with Crippen LogP contribution in [-0.4, -0.2) is 8.42 Å². The zero-order valence-electron chi connectivity index (χ0n) is 16.5. The van der Waals surface area contributed by atoms with Gasteiger partial charge in [-0.3, -0.25) is 0 Å². The maximum atomic E-state index is 13.6. The molecule has 0 spiro atoms. The summed E-state index contributed by atoms with van der Waals surface area (Å²) in [5, 5.41) is 13.5. The third kappa shape index (κ3) is 5.67. The number of benzene rings is 3. The second kappa shape index (κ2) is 10.0. The first-order chi connectivity index (χ1) is 14.8. The van der Waals surface area contributed by atoms with Crippen molar-refractivity contribution in [1.82, 2.24) is 0 Å². The van der Waals surface area contributed by atoms with E-state index in [1.807, 2.05) is 13.0 Å². The number of halogens is 2. The summed E-state index contributed by atoms with van der Waals surface area (Å²) in [4.78, 5) is -0.403. The first-order valence-electron chi connectivity index (χ1n) is 9.16. The quantitative estimate of drug-likeness (QED) is 0.408. The van der Waals surface area contributed by atoms with Crippen LogP contribution in [-0.2, 0) is 15.6 Å². The smallest absolute Gasteiger partial charge is 0.219 e. The zero-order valence-corrected chi connectivity index (χ0v) is 18.9. The summed E-state index contributed by atoms with van der Waals surface area (Å²) in [5.74, 6) is -0.130. The molecule has 0 unspecified atom stereocenters. The van der Waals surface area contributed by atoms with Crippen molar-refractivity contribution >= 4 is 38.9 Å². The van der Waals surface area contributed by atoms with Crippen molar-refractivity contribution in [2.45, 2.75) is 17.6 Å². The fourth-order valence-electron chi connectivity index (χ4n) is 2.74. The van der Waals surface area contributed by atoms with Crippen LogP contribution in [0.1, 0.15) is 11.1 Å². The van der Waals surface area contributed by atoms with Gasteiger partial charge in [0.2, 0.25) is 9.84 Å². The summed E-state index contributed by atoms with van der Waals surface area (Å²) in [6.45, 7) is 1.84. The molecule has 0 saturated heterocycles. The van der Waals surface area contributed by atoms with E-state index in [2.05, 4.69) is 5.32 Å². The molecule has 158 valence electrons. The van der Waals surface area contributed by atoms with Gasteiger partial charge in [0.05, 0.1) is 4.90 Å². The maximum Gasteiger partial charge on any atom is 0.219 e. The fourth-order valence-corrected chi connectivity index (χ4v) is 5.44. The van der Waals surface area contributed by atoms with Crippen LogP contribution in [0, 0.1) is 24.1 Å². The molecular weight excluding hydrogens is 455 g/mol. The number of sulfone groups is 1. The first kappa shape index (κ1) is 22.9. The minimum Gasteiger partial charge on any atom is -0.348 e. The minimum absolute atomic E-state index is 0.0139. The van der Waals surface area contributed by atoms with Crippen LogP contribution < -0.4 is 5.32 Å². The van der Waals surface area contributed by atoms with Crippen molar-refractivity contribution in [1.29, 1.82) is 5.26 Å². The van der Waals surface area contributed by atoms with Gasteiger partial charge in [-0.05, 0) is 54.4 Å². The Bertz CT molecular complexity index is 1270. The summed E-state index contributed by atoms with van der Waals surface area (Å²) >= 11 is 7.21. The normalized spacial score (nSPS) is 12.1. The Balaban J connectivity index is 2.08. The number of anilines is 1. The van der Waals surface area contributed by atoms with Crippen molar-refractivity contribution in [2.24, 2.45) is 0 Å². The molecule has 1 N–H and O–H groups in total. The van der Waals surface area contributed by atoms with E-state index in [0.717, 1.165) is 17.3 Å². The van der Waals surface area contributed by atoms with E-state index < -0.39 is 14.7 Å². The lowest BCUT2D eigenvalue weighted by molar-refractivity contribution is 0.603. The number of nitriles is 1. The van der Waals surface area contributed by atoms with E-state index in [1.165, 1.54) is 24.3 Å². The predicted octanol–water partition coefficient (Wildman–Crippen LogP) is 6.30. The third-order valence-electron chi connectivity index (χ3n) is 4.35. The Morgan fingerprint density at radius 2 is 1.84 bits per heavy atom. The molecule has 0 bridgehead atoms. The monoisotopic (exact) mass is 472 g/mol. The molecule has 0 aromatic heterocycles. The lowest BCUT2D eigenvalue weighted by Crippen LogP contribution is -2.10. The minimum atomic E-state index is -4.08. The van der Waals surface area contributed by atoms with E-state index >= 15 is 0 Å². The average molecular weight is 473 g/mol. The topological polar surface area (TPSA) is 70.0 Å². The van der Waals surface area contributed by atoms with Crippen molar-refractivity contribution in [3.63, 3.8) is 0 Å². The van der Waals surface area contributed by atoms with Crippen LogP contribution in [0.2, 0.25) is 5.02 Å². The number of nitrogens with one attached hydrogen (secondary N) is 1. The molecule has 0 aliphatic heterocycles. The van der Waals surface area contributed by atoms with Gasteiger partial charge in [0, 0.05) is 16.5 Å². The van der Waals surface area contributed by atoms with Gasteiger partial charge in [-0.25, -0.2) is 12.8 Å². The Morgan fingerprint density at radius 3 is 2.52 bits per heavy atom. The van der Waals surface area contributed by atoms with Crippen molar-refractivity contribution in [3.05, 3.63) is 105 Å². The molecule has 3 aromatic rings. The number of aryl methyl sites for hydroxylation is 1. The van der Waals surface area contributed by atoms with Crippen LogP contribution in [0.3, 0.4) is 0 Å². The third-order valence-corrected chi connectivity index (χ3v) is 7.51. The fraction of sp³-hybridized carbons (Fsp3) is 0.0870. The number of allylic oxidation sites excluding steroid dienone is 1. The van der Waals surface area contributed by atoms with Crippen LogP contribution >= 0.6 is 23.4 Å². The highest BCUT2D eigenvalue weighted by Gasteiger charge is 2.25. The number of hydrogen-bond donors (Lipinski definition) is 1. The van der Waals surface area contributed by atoms with Gasteiger partial charge in [0.1, 0.15) is 16.9 Å².